The van der Waals surface area contributed by atoms with Crippen LogP contribution in [0, 0.1) is 0 Å². The molecule has 0 amide bonds. The average Bonchev–Trinajstić information content (AvgIpc) is 2.48. The van der Waals surface area contributed by atoms with Crippen LogP contribution in [0.2, 0.25) is 5.02 Å². The SMILES string of the molecule is CC1(C)OB(c2ccc(CCN)cc2Cl)OC1(C)C. The number of rotatable bonds is 3. The number of hydrogen-bond donors (Lipinski definition) is 1. The summed E-state index contributed by atoms with van der Waals surface area (Å²) in [5.74, 6) is 0. The van der Waals surface area contributed by atoms with E-state index in [0.29, 0.717) is 11.6 Å². The van der Waals surface area contributed by atoms with E-state index in [2.05, 4.69) is 0 Å². The lowest BCUT2D eigenvalue weighted by atomic mass is 9.78. The van der Waals surface area contributed by atoms with E-state index >= 15 is 0 Å². The summed E-state index contributed by atoms with van der Waals surface area (Å²) in [6.07, 6.45) is 0.823. The summed E-state index contributed by atoms with van der Waals surface area (Å²) in [7, 11) is -0.413. The molecule has 0 spiro atoms. The van der Waals surface area contributed by atoms with Crippen molar-refractivity contribution >= 4 is 24.2 Å². The lowest BCUT2D eigenvalue weighted by Crippen LogP contribution is -2.41. The molecule has 1 aromatic rings. The molecule has 0 aromatic heterocycles. The molecular formula is C14H21BClNO2. The van der Waals surface area contributed by atoms with Crippen molar-refractivity contribution in [1.82, 2.24) is 0 Å². The van der Waals surface area contributed by atoms with Crippen molar-refractivity contribution in [3.05, 3.63) is 28.8 Å². The first-order valence-corrected chi connectivity index (χ1v) is 6.99. The molecule has 104 valence electrons. The van der Waals surface area contributed by atoms with E-state index in [1.807, 2.05) is 45.9 Å². The van der Waals surface area contributed by atoms with Crippen LogP contribution in [-0.4, -0.2) is 24.9 Å². The molecule has 1 aromatic carbocycles. The normalized spacial score (nSPS) is 20.8. The van der Waals surface area contributed by atoms with Gasteiger partial charge in [0.05, 0.1) is 11.2 Å². The molecule has 0 aliphatic carbocycles. The van der Waals surface area contributed by atoms with Crippen LogP contribution in [0.3, 0.4) is 0 Å². The Bertz CT molecular complexity index is 461. The standard InChI is InChI=1S/C14H21BClNO2/c1-13(2)14(3,4)19-15(18-13)11-6-5-10(7-8-17)9-12(11)16/h5-6,9H,7-8,17H2,1-4H3. The minimum absolute atomic E-state index is 0.350. The second kappa shape index (κ2) is 5.10. The third-order valence-corrected chi connectivity index (χ3v) is 4.33. The molecule has 0 radical (unpaired) electrons. The fraction of sp³-hybridized carbons (Fsp3) is 0.571. The summed E-state index contributed by atoms with van der Waals surface area (Å²) in [5, 5.41) is 0.671. The first-order chi connectivity index (χ1) is 8.77. The average molecular weight is 282 g/mol. The van der Waals surface area contributed by atoms with E-state index < -0.39 is 7.12 Å². The van der Waals surface area contributed by atoms with Gasteiger partial charge in [-0.2, -0.15) is 0 Å². The Morgan fingerprint density at radius 1 is 1.16 bits per heavy atom. The lowest BCUT2D eigenvalue weighted by Gasteiger charge is -2.32. The molecule has 1 heterocycles. The van der Waals surface area contributed by atoms with Gasteiger partial charge >= 0.3 is 7.12 Å². The maximum absolute atomic E-state index is 6.33. The van der Waals surface area contributed by atoms with Crippen molar-refractivity contribution in [3.8, 4) is 0 Å². The van der Waals surface area contributed by atoms with Gasteiger partial charge in [-0.05, 0) is 52.3 Å². The zero-order chi connectivity index (χ0) is 14.3. The Morgan fingerprint density at radius 2 is 1.74 bits per heavy atom. The minimum Gasteiger partial charge on any atom is -0.399 e. The largest absolute Gasteiger partial charge is 0.496 e. The quantitative estimate of drug-likeness (QED) is 0.864. The summed E-state index contributed by atoms with van der Waals surface area (Å²) in [6.45, 7) is 8.74. The molecule has 1 saturated heterocycles. The molecule has 1 aliphatic heterocycles. The van der Waals surface area contributed by atoms with Crippen LogP contribution >= 0.6 is 11.6 Å². The number of halogens is 1. The topological polar surface area (TPSA) is 44.5 Å². The van der Waals surface area contributed by atoms with Crippen molar-refractivity contribution in [3.63, 3.8) is 0 Å². The third kappa shape index (κ3) is 2.82. The van der Waals surface area contributed by atoms with Gasteiger partial charge in [-0.3, -0.25) is 0 Å². The van der Waals surface area contributed by atoms with Gasteiger partial charge in [0.2, 0.25) is 0 Å². The molecule has 1 fully saturated rings. The maximum atomic E-state index is 6.33. The summed E-state index contributed by atoms with van der Waals surface area (Å²) in [5.41, 5.74) is 6.86. The Labute approximate surface area is 120 Å². The van der Waals surface area contributed by atoms with Crippen molar-refractivity contribution in [2.24, 2.45) is 5.73 Å². The molecule has 0 atom stereocenters. The van der Waals surface area contributed by atoms with E-state index in [-0.39, 0.29) is 11.2 Å². The van der Waals surface area contributed by atoms with Crippen LogP contribution < -0.4 is 11.2 Å². The number of benzene rings is 1. The summed E-state index contributed by atoms with van der Waals surface area (Å²) in [6, 6.07) is 5.93. The lowest BCUT2D eigenvalue weighted by molar-refractivity contribution is 0.00578. The first-order valence-electron chi connectivity index (χ1n) is 6.61. The van der Waals surface area contributed by atoms with E-state index in [1.54, 1.807) is 0 Å². The van der Waals surface area contributed by atoms with Gasteiger partial charge in [-0.1, -0.05) is 23.7 Å². The van der Waals surface area contributed by atoms with Crippen LogP contribution in [0.25, 0.3) is 0 Å². The van der Waals surface area contributed by atoms with Crippen molar-refractivity contribution in [1.29, 1.82) is 0 Å². The second-order valence-corrected chi connectivity index (χ2v) is 6.39. The Balaban J connectivity index is 2.25. The van der Waals surface area contributed by atoms with Crippen LogP contribution in [-0.2, 0) is 15.7 Å². The Kier molecular flexibility index (Phi) is 3.98. The summed E-state index contributed by atoms with van der Waals surface area (Å²) in [4.78, 5) is 0. The molecule has 0 bridgehead atoms. The number of nitrogens with two attached hydrogens (primary N) is 1. The van der Waals surface area contributed by atoms with Gasteiger partial charge in [0.15, 0.2) is 0 Å². The van der Waals surface area contributed by atoms with E-state index in [9.17, 15) is 0 Å². The molecule has 2 N–H and O–H groups in total. The molecule has 5 heteroatoms. The van der Waals surface area contributed by atoms with Gasteiger partial charge in [0, 0.05) is 10.5 Å². The van der Waals surface area contributed by atoms with E-state index in [0.717, 1.165) is 17.4 Å². The van der Waals surface area contributed by atoms with Crippen molar-refractivity contribution in [2.45, 2.75) is 45.3 Å². The Morgan fingerprint density at radius 3 is 2.21 bits per heavy atom. The molecule has 2 rings (SSSR count). The minimum atomic E-state index is -0.413. The molecule has 19 heavy (non-hydrogen) atoms. The smallest absolute Gasteiger partial charge is 0.399 e. The molecule has 1 aliphatic rings. The highest BCUT2D eigenvalue weighted by atomic mass is 35.5. The van der Waals surface area contributed by atoms with E-state index in [1.165, 1.54) is 0 Å². The van der Waals surface area contributed by atoms with Gasteiger partial charge in [-0.25, -0.2) is 0 Å². The van der Waals surface area contributed by atoms with Crippen LogP contribution in [0.4, 0.5) is 0 Å². The predicted molar refractivity (Wildman–Crippen MR) is 79.9 cm³/mol. The third-order valence-electron chi connectivity index (χ3n) is 4.01. The van der Waals surface area contributed by atoms with Gasteiger partial charge < -0.3 is 15.0 Å². The monoisotopic (exact) mass is 281 g/mol. The van der Waals surface area contributed by atoms with Crippen LogP contribution in [0.5, 0.6) is 0 Å². The maximum Gasteiger partial charge on any atom is 0.496 e. The Hall–Kier alpha value is -0.545. The predicted octanol–water partition coefficient (Wildman–Crippen LogP) is 2.14. The van der Waals surface area contributed by atoms with Gasteiger partial charge in [-0.15, -0.1) is 0 Å². The van der Waals surface area contributed by atoms with Crippen molar-refractivity contribution < 1.29 is 9.31 Å². The van der Waals surface area contributed by atoms with E-state index in [4.69, 9.17) is 26.6 Å². The van der Waals surface area contributed by atoms with Crippen LogP contribution in [0.1, 0.15) is 33.3 Å². The van der Waals surface area contributed by atoms with Crippen molar-refractivity contribution in [2.75, 3.05) is 6.54 Å². The summed E-state index contributed by atoms with van der Waals surface area (Å²) < 4.78 is 12.0. The highest BCUT2D eigenvalue weighted by molar-refractivity contribution is 6.65. The fourth-order valence-corrected chi connectivity index (χ4v) is 2.35. The first kappa shape index (κ1) is 14.9. The van der Waals surface area contributed by atoms with Crippen LogP contribution in [0.15, 0.2) is 18.2 Å². The molecular weight excluding hydrogens is 260 g/mol. The zero-order valence-electron chi connectivity index (χ0n) is 12.0. The zero-order valence-corrected chi connectivity index (χ0v) is 12.8. The molecule has 0 saturated carbocycles. The van der Waals surface area contributed by atoms with Gasteiger partial charge in [0.1, 0.15) is 0 Å². The molecule has 0 unspecified atom stereocenters. The fourth-order valence-electron chi connectivity index (χ4n) is 2.05. The van der Waals surface area contributed by atoms with Gasteiger partial charge in [0.25, 0.3) is 0 Å². The summed E-state index contributed by atoms with van der Waals surface area (Å²) >= 11 is 6.33. The highest BCUT2D eigenvalue weighted by Gasteiger charge is 2.52. The highest BCUT2D eigenvalue weighted by Crippen LogP contribution is 2.37. The molecule has 3 nitrogen and oxygen atoms in total. The second-order valence-electron chi connectivity index (χ2n) is 5.98. The number of hydrogen-bond acceptors (Lipinski definition) is 3.